The van der Waals surface area contributed by atoms with Gasteiger partial charge in [0.15, 0.2) is 17.3 Å². The maximum atomic E-state index is 12.9. The van der Waals surface area contributed by atoms with Crippen molar-refractivity contribution in [3.05, 3.63) is 52.6 Å². The predicted octanol–water partition coefficient (Wildman–Crippen LogP) is 4.67. The van der Waals surface area contributed by atoms with Crippen LogP contribution in [0, 0.1) is 13.8 Å². The van der Waals surface area contributed by atoms with Crippen molar-refractivity contribution in [3.63, 3.8) is 0 Å². The quantitative estimate of drug-likeness (QED) is 0.639. The molecule has 2 aliphatic rings. The molecule has 0 radical (unpaired) electrons. The summed E-state index contributed by atoms with van der Waals surface area (Å²) in [7, 11) is 1.62. The van der Waals surface area contributed by atoms with E-state index in [1.54, 1.807) is 7.11 Å². The fourth-order valence-corrected chi connectivity index (χ4v) is 4.74. The largest absolute Gasteiger partial charge is 0.493 e. The molecule has 0 bridgehead atoms. The number of likely N-dealkylation sites (tertiary alicyclic amines) is 1. The standard InChI is InChI=1S/C27H33NO5/c1-5-32-23-8-6-20(16-25(23)31-4)7-9-26(30)28-12-10-27(11-13-28)17-22(29)21-14-18(2)19(3)15-24(21)33-27/h6,8,14-16H,5,7,9-13,17H2,1-4H3. The van der Waals surface area contributed by atoms with Gasteiger partial charge >= 0.3 is 0 Å². The van der Waals surface area contributed by atoms with E-state index in [-0.39, 0.29) is 11.7 Å². The van der Waals surface area contributed by atoms with Crippen LogP contribution in [0.3, 0.4) is 0 Å². The van der Waals surface area contributed by atoms with Crippen LogP contribution in [0.25, 0.3) is 0 Å². The number of rotatable bonds is 6. The number of aryl methyl sites for hydroxylation is 3. The molecular weight excluding hydrogens is 418 g/mol. The lowest BCUT2D eigenvalue weighted by Crippen LogP contribution is -2.52. The third-order valence-corrected chi connectivity index (χ3v) is 6.89. The second-order valence-electron chi connectivity index (χ2n) is 9.12. The first-order chi connectivity index (χ1) is 15.8. The Morgan fingerprint density at radius 1 is 1.09 bits per heavy atom. The summed E-state index contributed by atoms with van der Waals surface area (Å²) < 4.78 is 17.4. The number of carbonyl (C=O) groups excluding carboxylic acids is 2. The fourth-order valence-electron chi connectivity index (χ4n) is 4.74. The number of nitrogens with zero attached hydrogens (tertiary/aromatic N) is 1. The van der Waals surface area contributed by atoms with Crippen LogP contribution >= 0.6 is 0 Å². The summed E-state index contributed by atoms with van der Waals surface area (Å²) in [4.78, 5) is 27.6. The van der Waals surface area contributed by atoms with Crippen LogP contribution in [-0.4, -0.2) is 49.0 Å². The molecule has 1 saturated heterocycles. The molecule has 176 valence electrons. The van der Waals surface area contributed by atoms with Crippen molar-refractivity contribution in [1.82, 2.24) is 4.90 Å². The smallest absolute Gasteiger partial charge is 0.222 e. The van der Waals surface area contributed by atoms with Crippen molar-refractivity contribution < 1.29 is 23.8 Å². The Labute approximate surface area is 195 Å². The summed E-state index contributed by atoms with van der Waals surface area (Å²) in [5.74, 6) is 2.37. The molecule has 2 aromatic rings. The van der Waals surface area contributed by atoms with E-state index in [0.29, 0.717) is 74.6 Å². The Morgan fingerprint density at radius 3 is 2.52 bits per heavy atom. The Kier molecular flexibility index (Phi) is 6.63. The van der Waals surface area contributed by atoms with Crippen molar-refractivity contribution in [2.75, 3.05) is 26.8 Å². The third kappa shape index (κ3) is 4.85. The first-order valence-corrected chi connectivity index (χ1v) is 11.7. The zero-order valence-electron chi connectivity index (χ0n) is 20.0. The third-order valence-electron chi connectivity index (χ3n) is 6.89. The van der Waals surface area contributed by atoms with Crippen molar-refractivity contribution in [2.24, 2.45) is 0 Å². The van der Waals surface area contributed by atoms with E-state index in [4.69, 9.17) is 14.2 Å². The lowest BCUT2D eigenvalue weighted by molar-refractivity contribution is -0.134. The highest BCUT2D eigenvalue weighted by Crippen LogP contribution is 2.40. The number of hydrogen-bond acceptors (Lipinski definition) is 5. The normalized spacial score (nSPS) is 16.8. The number of Topliss-reactive ketones (excluding diaryl/α,β-unsaturated/α-hetero) is 1. The molecule has 33 heavy (non-hydrogen) atoms. The molecule has 0 atom stereocenters. The molecule has 2 aromatic carbocycles. The average molecular weight is 452 g/mol. The topological polar surface area (TPSA) is 65.1 Å². The minimum absolute atomic E-state index is 0.131. The number of fused-ring (bicyclic) bond motifs is 1. The molecule has 1 amide bonds. The number of methoxy groups -OCH3 is 1. The van der Waals surface area contributed by atoms with E-state index >= 15 is 0 Å². The van der Waals surface area contributed by atoms with Gasteiger partial charge in [-0.2, -0.15) is 0 Å². The van der Waals surface area contributed by atoms with Crippen LogP contribution < -0.4 is 14.2 Å². The van der Waals surface area contributed by atoms with Crippen LogP contribution in [0.5, 0.6) is 17.2 Å². The van der Waals surface area contributed by atoms with Gasteiger partial charge in [0, 0.05) is 32.4 Å². The van der Waals surface area contributed by atoms with E-state index in [1.165, 1.54) is 0 Å². The van der Waals surface area contributed by atoms with Gasteiger partial charge in [0.25, 0.3) is 0 Å². The molecular formula is C27H33NO5. The van der Waals surface area contributed by atoms with Crippen molar-refractivity contribution in [3.8, 4) is 17.2 Å². The Balaban J connectivity index is 1.35. The number of benzene rings is 2. The van der Waals surface area contributed by atoms with Crippen LogP contribution in [0.2, 0.25) is 0 Å². The van der Waals surface area contributed by atoms with Crippen molar-refractivity contribution in [2.45, 2.75) is 58.5 Å². The average Bonchev–Trinajstić information content (AvgIpc) is 2.80. The Hall–Kier alpha value is -3.02. The summed E-state index contributed by atoms with van der Waals surface area (Å²) in [6, 6.07) is 9.73. The molecule has 6 nitrogen and oxygen atoms in total. The monoisotopic (exact) mass is 451 g/mol. The van der Waals surface area contributed by atoms with E-state index in [2.05, 4.69) is 0 Å². The van der Waals surface area contributed by atoms with E-state index in [1.807, 2.05) is 56.0 Å². The maximum Gasteiger partial charge on any atom is 0.222 e. The SMILES string of the molecule is CCOc1ccc(CCC(=O)N2CCC3(CC2)CC(=O)c2cc(C)c(C)cc2O3)cc1OC. The second-order valence-corrected chi connectivity index (χ2v) is 9.12. The number of ether oxygens (including phenoxy) is 3. The lowest BCUT2D eigenvalue weighted by atomic mass is 9.82. The number of hydrogen-bond donors (Lipinski definition) is 0. The first kappa shape index (κ1) is 23.1. The molecule has 0 N–H and O–H groups in total. The van der Waals surface area contributed by atoms with Gasteiger partial charge in [-0.15, -0.1) is 0 Å². The molecule has 1 spiro atoms. The highest BCUT2D eigenvalue weighted by atomic mass is 16.5. The molecule has 6 heteroatoms. The molecule has 4 rings (SSSR count). The van der Waals surface area contributed by atoms with Crippen molar-refractivity contribution in [1.29, 1.82) is 0 Å². The van der Waals surface area contributed by atoms with Gasteiger partial charge in [-0.25, -0.2) is 0 Å². The van der Waals surface area contributed by atoms with E-state index in [0.717, 1.165) is 16.7 Å². The Morgan fingerprint density at radius 2 is 1.82 bits per heavy atom. The van der Waals surface area contributed by atoms with Crippen LogP contribution in [-0.2, 0) is 11.2 Å². The number of ketones is 1. The number of piperidine rings is 1. The zero-order valence-corrected chi connectivity index (χ0v) is 20.0. The van der Waals surface area contributed by atoms with Gasteiger partial charge < -0.3 is 19.1 Å². The van der Waals surface area contributed by atoms with Gasteiger partial charge in [0.1, 0.15) is 11.4 Å². The zero-order chi connectivity index (χ0) is 23.6. The predicted molar refractivity (Wildman–Crippen MR) is 127 cm³/mol. The number of amides is 1. The van der Waals surface area contributed by atoms with Crippen LogP contribution in [0.15, 0.2) is 30.3 Å². The summed E-state index contributed by atoms with van der Waals surface area (Å²) >= 11 is 0. The van der Waals surface area contributed by atoms with Gasteiger partial charge in [0.05, 0.1) is 25.7 Å². The van der Waals surface area contributed by atoms with E-state index in [9.17, 15) is 9.59 Å². The molecule has 0 aromatic heterocycles. The maximum absolute atomic E-state index is 12.9. The molecule has 0 unspecified atom stereocenters. The summed E-state index contributed by atoms with van der Waals surface area (Å²) in [6.45, 7) is 7.78. The lowest BCUT2D eigenvalue weighted by Gasteiger charge is -2.44. The van der Waals surface area contributed by atoms with Gasteiger partial charge in [0.2, 0.25) is 5.91 Å². The molecule has 0 aliphatic carbocycles. The number of carbonyl (C=O) groups is 2. The molecule has 2 aliphatic heterocycles. The summed E-state index contributed by atoms with van der Waals surface area (Å²) in [5, 5.41) is 0. The summed E-state index contributed by atoms with van der Waals surface area (Å²) in [5.41, 5.74) is 3.46. The minimum atomic E-state index is -0.495. The van der Waals surface area contributed by atoms with E-state index < -0.39 is 5.60 Å². The second kappa shape index (κ2) is 9.46. The van der Waals surface area contributed by atoms with Crippen LogP contribution in [0.1, 0.15) is 59.7 Å². The fraction of sp³-hybridized carbons (Fsp3) is 0.481. The summed E-state index contributed by atoms with van der Waals surface area (Å²) in [6.07, 6.45) is 2.81. The van der Waals surface area contributed by atoms with Gasteiger partial charge in [-0.05, 0) is 68.1 Å². The first-order valence-electron chi connectivity index (χ1n) is 11.7. The van der Waals surface area contributed by atoms with Crippen molar-refractivity contribution >= 4 is 11.7 Å². The highest BCUT2D eigenvalue weighted by molar-refractivity contribution is 6.00. The molecule has 2 heterocycles. The Bertz CT molecular complexity index is 1050. The van der Waals surface area contributed by atoms with Gasteiger partial charge in [-0.3, -0.25) is 9.59 Å². The van der Waals surface area contributed by atoms with Crippen LogP contribution in [0.4, 0.5) is 0 Å². The highest BCUT2D eigenvalue weighted by Gasteiger charge is 2.43. The molecule has 1 fully saturated rings. The molecule has 0 saturated carbocycles. The van der Waals surface area contributed by atoms with Gasteiger partial charge in [-0.1, -0.05) is 6.07 Å². The minimum Gasteiger partial charge on any atom is -0.493 e.